The maximum Gasteiger partial charge on any atom is 0.286 e. The molecule has 0 unspecified atom stereocenters. The van der Waals surface area contributed by atoms with Gasteiger partial charge in [0.1, 0.15) is 23.9 Å². The lowest BCUT2D eigenvalue weighted by atomic mass is 9.84. The minimum Gasteiger partial charge on any atom is -0.417 e. The van der Waals surface area contributed by atoms with Crippen LogP contribution in [0.25, 0.3) is 11.4 Å². The molecule has 4 rings (SSSR count). The minimum absolute atomic E-state index is 0.127. The van der Waals surface area contributed by atoms with Crippen molar-refractivity contribution >= 4 is 17.4 Å². The summed E-state index contributed by atoms with van der Waals surface area (Å²) in [6, 6.07) is 12.2. The van der Waals surface area contributed by atoms with E-state index in [1.54, 1.807) is 13.8 Å². The number of Topliss-reactive ketones (excluding diaryl/α,β-unsaturated/α-hetero) is 1. The molecule has 40 heavy (non-hydrogen) atoms. The van der Waals surface area contributed by atoms with Crippen LogP contribution in [0.2, 0.25) is 0 Å². The van der Waals surface area contributed by atoms with E-state index < -0.39 is 41.1 Å². The summed E-state index contributed by atoms with van der Waals surface area (Å²) in [5.74, 6) is -1.84. The van der Waals surface area contributed by atoms with E-state index in [-0.39, 0.29) is 29.2 Å². The van der Waals surface area contributed by atoms with Crippen LogP contribution in [0.4, 0.5) is 10.1 Å². The first-order chi connectivity index (χ1) is 18.9. The highest BCUT2D eigenvalue weighted by atomic mass is 19.1. The quantitative estimate of drug-likeness (QED) is 0.302. The van der Waals surface area contributed by atoms with Gasteiger partial charge in [0.05, 0.1) is 17.7 Å². The Morgan fingerprint density at radius 3 is 2.48 bits per heavy atom. The van der Waals surface area contributed by atoms with E-state index >= 15 is 0 Å². The summed E-state index contributed by atoms with van der Waals surface area (Å²) in [7, 11) is 0. The van der Waals surface area contributed by atoms with Gasteiger partial charge in [0.15, 0.2) is 0 Å². The zero-order valence-electron chi connectivity index (χ0n) is 22.9. The number of carbonyl (C=O) groups excluding carboxylic acids is 2. The molecule has 0 aliphatic carbocycles. The maximum atomic E-state index is 13.4. The molecular formula is C29H31FN6O4. The monoisotopic (exact) mass is 546 g/mol. The van der Waals surface area contributed by atoms with E-state index in [4.69, 9.17) is 10.2 Å². The lowest BCUT2D eigenvalue weighted by molar-refractivity contribution is -0.122. The molecule has 0 fully saturated rings. The van der Waals surface area contributed by atoms with E-state index in [2.05, 4.69) is 20.5 Å². The molecule has 3 N–H and O–H groups in total. The number of aromatic nitrogens is 4. The second-order valence-electron chi connectivity index (χ2n) is 10.5. The molecule has 2 aromatic carbocycles. The number of rotatable bonds is 9. The number of nitrogens with zero attached hydrogens (tertiary/aromatic N) is 4. The fourth-order valence-corrected chi connectivity index (χ4v) is 4.25. The molecule has 0 aliphatic rings. The average Bonchev–Trinajstić information content (AvgIpc) is 3.42. The fraction of sp³-hybridized carbons (Fsp3) is 0.310. The molecule has 0 spiro atoms. The number of benzene rings is 2. The molecule has 11 heteroatoms. The van der Waals surface area contributed by atoms with Crippen molar-refractivity contribution in [3.8, 4) is 11.4 Å². The Bertz CT molecular complexity index is 1610. The maximum absolute atomic E-state index is 13.4. The molecule has 0 radical (unpaired) electrons. The van der Waals surface area contributed by atoms with E-state index in [0.29, 0.717) is 5.56 Å². The Kier molecular flexibility index (Phi) is 7.94. The number of anilines is 1. The first-order valence-electron chi connectivity index (χ1n) is 12.7. The number of amides is 1. The number of hydrogen-bond donors (Lipinski definition) is 2. The first-order valence-corrected chi connectivity index (χ1v) is 12.7. The third-order valence-electron chi connectivity index (χ3n) is 6.65. The minimum atomic E-state index is -1.01. The molecular weight excluding hydrogens is 515 g/mol. The summed E-state index contributed by atoms with van der Waals surface area (Å²) in [6.45, 7) is 8.86. The Labute approximate surface area is 230 Å². The highest BCUT2D eigenvalue weighted by Gasteiger charge is 2.34. The summed E-state index contributed by atoms with van der Waals surface area (Å²) < 4.78 is 20.3. The predicted molar refractivity (Wildman–Crippen MR) is 147 cm³/mol. The summed E-state index contributed by atoms with van der Waals surface area (Å²) in [6.07, 6.45) is 1.18. The van der Waals surface area contributed by atoms with E-state index in [1.165, 1.54) is 30.5 Å². The highest BCUT2D eigenvalue weighted by Crippen LogP contribution is 2.31. The van der Waals surface area contributed by atoms with Gasteiger partial charge in [0.25, 0.3) is 11.4 Å². The van der Waals surface area contributed by atoms with E-state index in [9.17, 15) is 18.8 Å². The molecule has 4 aromatic rings. The van der Waals surface area contributed by atoms with Crippen LogP contribution in [0.3, 0.4) is 0 Å². The summed E-state index contributed by atoms with van der Waals surface area (Å²) in [5.41, 5.74) is 6.73. The van der Waals surface area contributed by atoms with Crippen LogP contribution in [0.15, 0.2) is 63.9 Å². The molecule has 2 heterocycles. The molecule has 0 aliphatic heterocycles. The standard InChI is InChI=1S/C29H31FN6O4/c1-16(2)23(24(38)26-34-35-28(40-26)29(4,5)19-8-6-7-17(3)13-19)33-22(37)15-36-25(32-14-21(31)27(36)39)18-9-11-20(30)12-10-18/h6-14,16,23H,15,31H2,1-5H3,(H,33,37)/t23-/m0/s1. The largest absolute Gasteiger partial charge is 0.417 e. The molecule has 0 saturated heterocycles. The SMILES string of the molecule is Cc1cccc(C(C)(C)c2nnc(C(=O)[C@@H](NC(=O)Cn3c(-c4ccc(F)cc4)ncc(N)c3=O)C(C)C)o2)c1. The van der Waals surface area contributed by atoms with Gasteiger partial charge in [-0.3, -0.25) is 19.0 Å². The zero-order chi connectivity index (χ0) is 29.2. The molecule has 10 nitrogen and oxygen atoms in total. The number of halogens is 1. The molecule has 0 saturated carbocycles. The highest BCUT2D eigenvalue weighted by molar-refractivity contribution is 5.98. The van der Waals surface area contributed by atoms with Gasteiger partial charge < -0.3 is 15.5 Å². The van der Waals surface area contributed by atoms with Crippen molar-refractivity contribution in [2.75, 3.05) is 5.73 Å². The molecule has 2 aromatic heterocycles. The topological polar surface area (TPSA) is 146 Å². The number of nitrogens with one attached hydrogen (secondary N) is 1. The summed E-state index contributed by atoms with van der Waals surface area (Å²) in [4.78, 5) is 43.5. The lowest BCUT2D eigenvalue weighted by Gasteiger charge is -2.22. The van der Waals surface area contributed by atoms with Crippen LogP contribution in [-0.4, -0.2) is 37.5 Å². The second-order valence-corrected chi connectivity index (χ2v) is 10.5. The molecule has 1 atom stereocenters. The van der Waals surface area contributed by atoms with Crippen molar-refractivity contribution in [2.24, 2.45) is 5.92 Å². The smallest absolute Gasteiger partial charge is 0.286 e. The number of ketones is 1. The van der Waals surface area contributed by atoms with Crippen LogP contribution in [0.1, 0.15) is 55.4 Å². The number of hydrogen-bond acceptors (Lipinski definition) is 8. The third-order valence-corrected chi connectivity index (χ3v) is 6.65. The molecule has 1 amide bonds. The Balaban J connectivity index is 1.57. The van der Waals surface area contributed by atoms with Gasteiger partial charge in [-0.05, 0) is 56.5 Å². The van der Waals surface area contributed by atoms with Crippen molar-refractivity contribution in [1.82, 2.24) is 25.1 Å². The van der Waals surface area contributed by atoms with Crippen LogP contribution in [0.5, 0.6) is 0 Å². The zero-order valence-corrected chi connectivity index (χ0v) is 22.9. The van der Waals surface area contributed by atoms with Crippen molar-refractivity contribution in [2.45, 2.75) is 52.6 Å². The van der Waals surface area contributed by atoms with E-state index in [0.717, 1.165) is 15.7 Å². The molecule has 0 bridgehead atoms. The first kappa shape index (κ1) is 28.3. The van der Waals surface area contributed by atoms with Gasteiger partial charge in [0.2, 0.25) is 17.6 Å². The second kappa shape index (κ2) is 11.2. The van der Waals surface area contributed by atoms with Crippen LogP contribution in [-0.2, 0) is 16.8 Å². The van der Waals surface area contributed by atoms with Gasteiger partial charge in [-0.2, -0.15) is 0 Å². The van der Waals surface area contributed by atoms with Gasteiger partial charge in [-0.1, -0.05) is 43.7 Å². The Morgan fingerprint density at radius 2 is 1.82 bits per heavy atom. The van der Waals surface area contributed by atoms with Crippen LogP contribution >= 0.6 is 0 Å². The van der Waals surface area contributed by atoms with Crippen molar-refractivity contribution in [3.63, 3.8) is 0 Å². The predicted octanol–water partition coefficient (Wildman–Crippen LogP) is 3.67. The van der Waals surface area contributed by atoms with Gasteiger partial charge in [-0.25, -0.2) is 9.37 Å². The van der Waals surface area contributed by atoms with Crippen LogP contribution < -0.4 is 16.6 Å². The summed E-state index contributed by atoms with van der Waals surface area (Å²) in [5, 5.41) is 10.8. The third kappa shape index (κ3) is 5.83. The Morgan fingerprint density at radius 1 is 1.12 bits per heavy atom. The number of nitrogen functional groups attached to an aromatic ring is 1. The van der Waals surface area contributed by atoms with Gasteiger partial charge >= 0.3 is 0 Å². The van der Waals surface area contributed by atoms with E-state index in [1.807, 2.05) is 45.0 Å². The summed E-state index contributed by atoms with van der Waals surface area (Å²) >= 11 is 0. The normalized spacial score (nSPS) is 12.4. The average molecular weight is 547 g/mol. The van der Waals surface area contributed by atoms with Crippen molar-refractivity contribution in [3.05, 3.63) is 93.8 Å². The molecule has 208 valence electrons. The number of nitrogens with two attached hydrogens (primary N) is 1. The van der Waals surface area contributed by atoms with Crippen molar-refractivity contribution < 1.29 is 18.4 Å². The Hall–Kier alpha value is -4.67. The van der Waals surface area contributed by atoms with Gasteiger partial charge in [-0.15, -0.1) is 10.2 Å². The van der Waals surface area contributed by atoms with Gasteiger partial charge in [0, 0.05) is 5.56 Å². The number of carbonyl (C=O) groups is 2. The van der Waals surface area contributed by atoms with Crippen LogP contribution in [0, 0.1) is 18.7 Å². The number of aryl methyl sites for hydroxylation is 1. The lowest BCUT2D eigenvalue weighted by Crippen LogP contribution is -2.46. The fourth-order valence-electron chi connectivity index (χ4n) is 4.25. The van der Waals surface area contributed by atoms with Crippen molar-refractivity contribution in [1.29, 1.82) is 0 Å².